The predicted octanol–water partition coefficient (Wildman–Crippen LogP) is 1.67. The van der Waals surface area contributed by atoms with Crippen LogP contribution in [-0.4, -0.2) is 30.4 Å². The topological polar surface area (TPSA) is 46.2 Å². The molecule has 0 saturated heterocycles. The number of halogens is 1. The molecule has 0 spiro atoms. The Hall–Kier alpha value is -0.910. The van der Waals surface area contributed by atoms with E-state index < -0.39 is 0 Å². The molecule has 2 N–H and O–H groups in total. The lowest BCUT2D eigenvalue weighted by Gasteiger charge is -2.10. The number of nitrogens with zero attached hydrogens (tertiary/aromatic N) is 1. The maximum Gasteiger partial charge on any atom is 0.170 e. The molecular formula is C9H12ClN3OS. The van der Waals surface area contributed by atoms with Gasteiger partial charge in [0.2, 0.25) is 0 Å². The Kier molecular flexibility index (Phi) is 5.31. The van der Waals surface area contributed by atoms with Crippen LogP contribution >= 0.6 is 23.8 Å². The Labute approximate surface area is 99.0 Å². The third kappa shape index (κ3) is 4.42. The molecule has 1 aromatic heterocycles. The lowest BCUT2D eigenvalue weighted by molar-refractivity contribution is 0.204. The number of aromatic nitrogens is 1. The first-order valence-corrected chi connectivity index (χ1v) is 5.17. The average molecular weight is 246 g/mol. The summed E-state index contributed by atoms with van der Waals surface area (Å²) in [5.74, 6) is 0. The van der Waals surface area contributed by atoms with Gasteiger partial charge >= 0.3 is 0 Å². The summed E-state index contributed by atoms with van der Waals surface area (Å²) in [5, 5.41) is 6.81. The van der Waals surface area contributed by atoms with Crippen LogP contribution in [0.4, 0.5) is 5.69 Å². The van der Waals surface area contributed by atoms with E-state index in [1.165, 1.54) is 0 Å². The molecule has 0 saturated carbocycles. The molecule has 0 fully saturated rings. The number of pyridine rings is 1. The first-order chi connectivity index (χ1) is 7.24. The van der Waals surface area contributed by atoms with Crippen molar-refractivity contribution in [2.24, 2.45) is 0 Å². The van der Waals surface area contributed by atoms with Crippen molar-refractivity contribution in [3.63, 3.8) is 0 Å². The molecule has 0 aliphatic carbocycles. The molecule has 82 valence electrons. The summed E-state index contributed by atoms with van der Waals surface area (Å²) in [6, 6.07) is 3.59. The van der Waals surface area contributed by atoms with E-state index in [0.29, 0.717) is 29.1 Å². The highest BCUT2D eigenvalue weighted by atomic mass is 35.5. The number of anilines is 1. The molecule has 0 aromatic carbocycles. The first-order valence-electron chi connectivity index (χ1n) is 4.38. The van der Waals surface area contributed by atoms with Crippen molar-refractivity contribution in [1.82, 2.24) is 10.3 Å². The Bertz CT molecular complexity index is 335. The summed E-state index contributed by atoms with van der Waals surface area (Å²) >= 11 is 10.9. The Morgan fingerprint density at radius 1 is 1.67 bits per heavy atom. The quantitative estimate of drug-likeness (QED) is 0.480. The second-order valence-corrected chi connectivity index (χ2v) is 3.48. The van der Waals surface area contributed by atoms with E-state index in [4.69, 9.17) is 28.6 Å². The average Bonchev–Trinajstić information content (AvgIpc) is 2.22. The predicted molar refractivity (Wildman–Crippen MR) is 65.3 cm³/mol. The zero-order chi connectivity index (χ0) is 11.1. The summed E-state index contributed by atoms with van der Waals surface area (Å²) in [4.78, 5) is 3.92. The first kappa shape index (κ1) is 12.2. The lowest BCUT2D eigenvalue weighted by atomic mass is 10.4. The minimum atomic E-state index is 0.397. The van der Waals surface area contributed by atoms with Crippen LogP contribution < -0.4 is 10.6 Å². The van der Waals surface area contributed by atoms with E-state index >= 15 is 0 Å². The van der Waals surface area contributed by atoms with Crippen molar-refractivity contribution in [3.05, 3.63) is 23.5 Å². The summed E-state index contributed by atoms with van der Waals surface area (Å²) < 4.78 is 4.88. The molecular weight excluding hydrogens is 234 g/mol. The molecule has 0 radical (unpaired) electrons. The molecule has 1 rings (SSSR count). The van der Waals surface area contributed by atoms with Crippen molar-refractivity contribution in [2.75, 3.05) is 25.6 Å². The van der Waals surface area contributed by atoms with Crippen LogP contribution in [0.1, 0.15) is 0 Å². The van der Waals surface area contributed by atoms with E-state index in [-0.39, 0.29) is 0 Å². The van der Waals surface area contributed by atoms with E-state index in [9.17, 15) is 0 Å². The molecule has 0 amide bonds. The highest BCUT2D eigenvalue weighted by Crippen LogP contribution is 2.16. The standard InChI is InChI=1S/C9H12ClN3OS/c1-14-6-5-12-9(15)13-7-3-2-4-11-8(7)10/h2-4H,5-6H2,1H3,(H2,12,13,15). The smallest absolute Gasteiger partial charge is 0.170 e. The van der Waals surface area contributed by atoms with Gasteiger partial charge in [-0.1, -0.05) is 11.6 Å². The zero-order valence-electron chi connectivity index (χ0n) is 8.29. The van der Waals surface area contributed by atoms with Gasteiger partial charge in [-0.15, -0.1) is 0 Å². The van der Waals surface area contributed by atoms with Gasteiger partial charge in [0.15, 0.2) is 10.3 Å². The van der Waals surface area contributed by atoms with Crippen LogP contribution in [0.3, 0.4) is 0 Å². The summed E-state index contributed by atoms with van der Waals surface area (Å²) in [7, 11) is 1.64. The molecule has 15 heavy (non-hydrogen) atoms. The van der Waals surface area contributed by atoms with Crippen molar-refractivity contribution in [3.8, 4) is 0 Å². The maximum atomic E-state index is 5.84. The molecule has 6 heteroatoms. The van der Waals surface area contributed by atoms with Gasteiger partial charge in [-0.25, -0.2) is 4.98 Å². The Morgan fingerprint density at radius 2 is 2.47 bits per heavy atom. The summed E-state index contributed by atoms with van der Waals surface area (Å²) in [6.45, 7) is 1.25. The van der Waals surface area contributed by atoms with E-state index in [1.54, 1.807) is 25.4 Å². The molecule has 0 aliphatic heterocycles. The van der Waals surface area contributed by atoms with Gasteiger partial charge in [0.05, 0.1) is 12.3 Å². The second kappa shape index (κ2) is 6.55. The minimum Gasteiger partial charge on any atom is -0.383 e. The third-order valence-electron chi connectivity index (χ3n) is 1.60. The van der Waals surface area contributed by atoms with Crippen LogP contribution in [0.5, 0.6) is 0 Å². The fraction of sp³-hybridized carbons (Fsp3) is 0.333. The van der Waals surface area contributed by atoms with Gasteiger partial charge < -0.3 is 15.4 Å². The van der Waals surface area contributed by atoms with Crippen LogP contribution in [0.2, 0.25) is 5.15 Å². The van der Waals surface area contributed by atoms with Crippen LogP contribution in [0.25, 0.3) is 0 Å². The normalized spacial score (nSPS) is 9.73. The van der Waals surface area contributed by atoms with E-state index in [1.807, 2.05) is 0 Å². The lowest BCUT2D eigenvalue weighted by Crippen LogP contribution is -2.31. The third-order valence-corrected chi connectivity index (χ3v) is 2.15. The number of methoxy groups -OCH3 is 1. The SMILES string of the molecule is COCCNC(=S)Nc1cccnc1Cl. The summed E-state index contributed by atoms with van der Waals surface area (Å²) in [5.41, 5.74) is 0.689. The minimum absolute atomic E-state index is 0.397. The zero-order valence-corrected chi connectivity index (χ0v) is 9.86. The highest BCUT2D eigenvalue weighted by Gasteiger charge is 2.01. The van der Waals surface area contributed by atoms with Crippen LogP contribution in [-0.2, 0) is 4.74 Å². The second-order valence-electron chi connectivity index (χ2n) is 2.72. The fourth-order valence-electron chi connectivity index (χ4n) is 0.912. The molecule has 0 bridgehead atoms. The number of thiocarbonyl (C=S) groups is 1. The van der Waals surface area contributed by atoms with Crippen molar-refractivity contribution >= 4 is 34.6 Å². The number of rotatable bonds is 4. The number of ether oxygens (including phenoxy) is 1. The van der Waals surface area contributed by atoms with Gasteiger partial charge in [0, 0.05) is 19.9 Å². The van der Waals surface area contributed by atoms with Gasteiger partial charge in [-0.3, -0.25) is 0 Å². The molecule has 0 unspecified atom stereocenters. The fourth-order valence-corrected chi connectivity index (χ4v) is 1.29. The van der Waals surface area contributed by atoms with E-state index in [2.05, 4.69) is 15.6 Å². The molecule has 1 heterocycles. The van der Waals surface area contributed by atoms with Gasteiger partial charge in [0.25, 0.3) is 0 Å². The Morgan fingerprint density at radius 3 is 3.13 bits per heavy atom. The maximum absolute atomic E-state index is 5.84. The monoisotopic (exact) mass is 245 g/mol. The number of hydrogen-bond donors (Lipinski definition) is 2. The van der Waals surface area contributed by atoms with Crippen molar-refractivity contribution < 1.29 is 4.74 Å². The molecule has 0 aliphatic rings. The Balaban J connectivity index is 2.41. The van der Waals surface area contributed by atoms with Crippen molar-refractivity contribution in [1.29, 1.82) is 0 Å². The largest absolute Gasteiger partial charge is 0.383 e. The molecule has 1 aromatic rings. The highest BCUT2D eigenvalue weighted by molar-refractivity contribution is 7.80. The molecule has 4 nitrogen and oxygen atoms in total. The van der Waals surface area contributed by atoms with E-state index in [0.717, 1.165) is 0 Å². The number of nitrogens with one attached hydrogen (secondary N) is 2. The van der Waals surface area contributed by atoms with Crippen LogP contribution in [0, 0.1) is 0 Å². The van der Waals surface area contributed by atoms with Crippen LogP contribution in [0.15, 0.2) is 18.3 Å². The van der Waals surface area contributed by atoms with Gasteiger partial charge in [-0.05, 0) is 24.4 Å². The molecule has 0 atom stereocenters. The number of hydrogen-bond acceptors (Lipinski definition) is 3. The van der Waals surface area contributed by atoms with Crippen molar-refractivity contribution in [2.45, 2.75) is 0 Å². The van der Waals surface area contributed by atoms with Gasteiger partial charge in [-0.2, -0.15) is 0 Å². The van der Waals surface area contributed by atoms with Gasteiger partial charge in [0.1, 0.15) is 0 Å². The summed E-state index contributed by atoms with van der Waals surface area (Å²) in [6.07, 6.45) is 1.62.